The smallest absolute Gasteiger partial charge is 0.00955 e. The quantitative estimate of drug-likeness (QED) is 0.772. The first kappa shape index (κ1) is 15.0. The van der Waals surface area contributed by atoms with Gasteiger partial charge in [-0.3, -0.25) is 0 Å². The van der Waals surface area contributed by atoms with Crippen molar-refractivity contribution in [2.75, 3.05) is 19.6 Å². The summed E-state index contributed by atoms with van der Waals surface area (Å²) in [7, 11) is 0. The predicted molar refractivity (Wildman–Crippen MR) is 76.1 cm³/mol. The highest BCUT2D eigenvalue weighted by atomic mass is 15.2. The van der Waals surface area contributed by atoms with Gasteiger partial charge in [-0.2, -0.15) is 0 Å². The van der Waals surface area contributed by atoms with E-state index < -0.39 is 0 Å². The van der Waals surface area contributed by atoms with Gasteiger partial charge in [0.15, 0.2) is 0 Å². The van der Waals surface area contributed by atoms with Crippen LogP contribution < -0.4 is 5.73 Å². The minimum absolute atomic E-state index is 0.262. The third-order valence-electron chi connectivity index (χ3n) is 4.50. The molecule has 2 heteroatoms. The van der Waals surface area contributed by atoms with Crippen molar-refractivity contribution in [1.29, 1.82) is 0 Å². The summed E-state index contributed by atoms with van der Waals surface area (Å²) in [6.07, 6.45) is 7.02. The van der Waals surface area contributed by atoms with E-state index in [1.165, 1.54) is 38.6 Å². The normalized spacial score (nSPS) is 26.5. The summed E-state index contributed by atoms with van der Waals surface area (Å²) in [6, 6.07) is 0.814. The van der Waals surface area contributed by atoms with Crippen LogP contribution in [0.5, 0.6) is 0 Å². The van der Waals surface area contributed by atoms with E-state index in [1.807, 2.05) is 0 Å². The van der Waals surface area contributed by atoms with Gasteiger partial charge in [-0.15, -0.1) is 0 Å². The topological polar surface area (TPSA) is 29.3 Å². The maximum atomic E-state index is 5.86. The lowest BCUT2D eigenvalue weighted by Crippen LogP contribution is -2.45. The van der Waals surface area contributed by atoms with Gasteiger partial charge >= 0.3 is 0 Å². The van der Waals surface area contributed by atoms with Crippen LogP contribution in [0.4, 0.5) is 0 Å². The van der Waals surface area contributed by atoms with E-state index in [0.29, 0.717) is 0 Å². The van der Waals surface area contributed by atoms with Crippen molar-refractivity contribution in [1.82, 2.24) is 4.90 Å². The molecule has 1 fully saturated rings. The van der Waals surface area contributed by atoms with Crippen LogP contribution in [0.2, 0.25) is 0 Å². The largest absolute Gasteiger partial charge is 0.330 e. The van der Waals surface area contributed by atoms with Crippen molar-refractivity contribution in [3.05, 3.63) is 0 Å². The van der Waals surface area contributed by atoms with E-state index in [1.54, 1.807) is 0 Å². The van der Waals surface area contributed by atoms with Crippen LogP contribution in [0.3, 0.4) is 0 Å². The molecule has 2 N–H and O–H groups in total. The Labute approximate surface area is 108 Å². The Morgan fingerprint density at radius 2 is 1.71 bits per heavy atom. The van der Waals surface area contributed by atoms with Crippen LogP contribution in [-0.2, 0) is 0 Å². The Hall–Kier alpha value is -0.0800. The van der Waals surface area contributed by atoms with E-state index in [2.05, 4.69) is 32.6 Å². The highest BCUT2D eigenvalue weighted by Gasteiger charge is 2.28. The molecule has 1 rings (SSSR count). The fourth-order valence-electron chi connectivity index (χ4n) is 3.03. The monoisotopic (exact) mass is 240 g/mol. The second-order valence-electron chi connectivity index (χ2n) is 6.51. The number of nitrogens with two attached hydrogens (primary N) is 1. The Morgan fingerprint density at radius 1 is 1.12 bits per heavy atom. The third kappa shape index (κ3) is 4.59. The van der Waals surface area contributed by atoms with Crippen molar-refractivity contribution in [3.63, 3.8) is 0 Å². The van der Waals surface area contributed by atoms with Gasteiger partial charge in [0.05, 0.1) is 0 Å². The number of rotatable bonds is 6. The molecule has 1 aliphatic rings. The molecule has 17 heavy (non-hydrogen) atoms. The Balaban J connectivity index is 2.46. The van der Waals surface area contributed by atoms with Gasteiger partial charge in [-0.1, -0.05) is 34.1 Å². The van der Waals surface area contributed by atoms with Crippen molar-refractivity contribution < 1.29 is 0 Å². The molecular formula is C15H32N2. The zero-order valence-electron chi connectivity index (χ0n) is 12.3. The molecule has 0 aliphatic heterocycles. The predicted octanol–water partition coefficient (Wildman–Crippen LogP) is 3.26. The van der Waals surface area contributed by atoms with Gasteiger partial charge in [0.1, 0.15) is 0 Å². The van der Waals surface area contributed by atoms with Crippen molar-refractivity contribution in [2.24, 2.45) is 17.1 Å². The average molecular weight is 240 g/mol. The van der Waals surface area contributed by atoms with Gasteiger partial charge < -0.3 is 10.6 Å². The molecule has 0 aromatic heterocycles. The maximum Gasteiger partial charge on any atom is 0.00955 e. The van der Waals surface area contributed by atoms with Crippen molar-refractivity contribution >= 4 is 0 Å². The molecule has 0 unspecified atom stereocenters. The molecule has 0 aromatic carbocycles. The minimum Gasteiger partial charge on any atom is -0.330 e. The van der Waals surface area contributed by atoms with Gasteiger partial charge in [0, 0.05) is 12.6 Å². The van der Waals surface area contributed by atoms with Crippen LogP contribution in [0.15, 0.2) is 0 Å². The van der Waals surface area contributed by atoms with Gasteiger partial charge in [0.25, 0.3) is 0 Å². The molecule has 102 valence electrons. The second kappa shape index (κ2) is 6.75. The molecule has 0 spiro atoms. The molecule has 0 saturated heterocycles. The second-order valence-corrected chi connectivity index (χ2v) is 6.51. The highest BCUT2D eigenvalue weighted by Crippen LogP contribution is 2.30. The standard InChI is InChI=1S/C15H32N2/c1-5-13-7-9-14(10-8-13)17(6-2)12-15(3,4)11-16/h13-14H,5-12,16H2,1-4H3. The summed E-state index contributed by atoms with van der Waals surface area (Å²) in [5.41, 5.74) is 6.12. The summed E-state index contributed by atoms with van der Waals surface area (Å²) in [5.74, 6) is 0.993. The lowest BCUT2D eigenvalue weighted by molar-refractivity contribution is 0.0993. The van der Waals surface area contributed by atoms with Crippen LogP contribution in [0, 0.1) is 11.3 Å². The van der Waals surface area contributed by atoms with Crippen molar-refractivity contribution in [3.8, 4) is 0 Å². The third-order valence-corrected chi connectivity index (χ3v) is 4.50. The lowest BCUT2D eigenvalue weighted by Gasteiger charge is -2.40. The van der Waals surface area contributed by atoms with E-state index in [-0.39, 0.29) is 5.41 Å². The zero-order valence-corrected chi connectivity index (χ0v) is 12.3. The first-order valence-corrected chi connectivity index (χ1v) is 7.46. The fraction of sp³-hybridized carbons (Fsp3) is 1.00. The fourth-order valence-corrected chi connectivity index (χ4v) is 3.03. The van der Waals surface area contributed by atoms with E-state index >= 15 is 0 Å². The van der Waals surface area contributed by atoms with Crippen LogP contribution in [0.25, 0.3) is 0 Å². The molecule has 0 amide bonds. The van der Waals surface area contributed by atoms with E-state index in [4.69, 9.17) is 5.73 Å². The average Bonchev–Trinajstić information content (AvgIpc) is 2.36. The van der Waals surface area contributed by atoms with E-state index in [0.717, 1.165) is 25.0 Å². The summed E-state index contributed by atoms with van der Waals surface area (Å²) < 4.78 is 0. The molecule has 0 atom stereocenters. The summed E-state index contributed by atoms with van der Waals surface area (Å²) >= 11 is 0. The Morgan fingerprint density at radius 3 is 2.12 bits per heavy atom. The highest BCUT2D eigenvalue weighted by molar-refractivity contribution is 4.83. The molecule has 0 radical (unpaired) electrons. The number of hydrogen-bond donors (Lipinski definition) is 1. The molecule has 0 heterocycles. The Bertz CT molecular complexity index is 205. The summed E-state index contributed by atoms with van der Waals surface area (Å²) in [5, 5.41) is 0. The molecule has 2 nitrogen and oxygen atoms in total. The number of nitrogens with zero attached hydrogens (tertiary/aromatic N) is 1. The van der Waals surface area contributed by atoms with E-state index in [9.17, 15) is 0 Å². The lowest BCUT2D eigenvalue weighted by atomic mass is 9.83. The molecule has 0 bridgehead atoms. The number of hydrogen-bond acceptors (Lipinski definition) is 2. The molecule has 1 saturated carbocycles. The molecule has 0 aromatic rings. The van der Waals surface area contributed by atoms with Crippen LogP contribution in [-0.4, -0.2) is 30.6 Å². The van der Waals surface area contributed by atoms with Gasteiger partial charge in [-0.25, -0.2) is 0 Å². The Kier molecular flexibility index (Phi) is 5.94. The van der Waals surface area contributed by atoms with Crippen molar-refractivity contribution in [2.45, 2.75) is 65.8 Å². The SMILES string of the molecule is CCC1CCC(N(CC)CC(C)(C)CN)CC1. The summed E-state index contributed by atoms with van der Waals surface area (Å²) in [6.45, 7) is 12.3. The zero-order chi connectivity index (χ0) is 12.9. The van der Waals surface area contributed by atoms with Crippen LogP contribution >= 0.6 is 0 Å². The first-order valence-electron chi connectivity index (χ1n) is 7.46. The van der Waals surface area contributed by atoms with Gasteiger partial charge in [-0.05, 0) is 50.1 Å². The maximum absolute atomic E-state index is 5.86. The van der Waals surface area contributed by atoms with Crippen LogP contribution in [0.1, 0.15) is 59.8 Å². The summed E-state index contributed by atoms with van der Waals surface area (Å²) in [4.78, 5) is 2.67. The first-order chi connectivity index (χ1) is 8.02. The molecule has 1 aliphatic carbocycles. The minimum atomic E-state index is 0.262. The van der Waals surface area contributed by atoms with Gasteiger partial charge in [0.2, 0.25) is 0 Å². The molecular weight excluding hydrogens is 208 g/mol.